The summed E-state index contributed by atoms with van der Waals surface area (Å²) in [5.41, 5.74) is 16.0. The van der Waals surface area contributed by atoms with Crippen LogP contribution >= 0.6 is 0 Å². The highest BCUT2D eigenvalue weighted by Gasteiger charge is 2.54. The average molecular weight is 695 g/mol. The third kappa shape index (κ3) is 4.94. The second-order valence-electron chi connectivity index (χ2n) is 15.6. The molecule has 1 aromatic heterocycles. The quantitative estimate of drug-likeness (QED) is 0.183. The standard InChI is InChI=1S/C52H42N2/c1-51(2)45-30-29-43-44-34-38(26-31-48(44)54(41-19-8-5-9-20-41)50(43)49(45)46-22-12-13-32-52(46,51)3)37-17-14-18-39(33-37)42-21-10-11-23-47(42)53-40-27-24-36(25-28-40)35-15-6-4-7-16-35/h4-34,46,53H,1-3H3. The number of fused-ring (bicyclic) bond motifs is 7. The van der Waals surface area contributed by atoms with Crippen LogP contribution in [0.2, 0.25) is 0 Å². The van der Waals surface area contributed by atoms with E-state index < -0.39 is 0 Å². The van der Waals surface area contributed by atoms with E-state index in [9.17, 15) is 0 Å². The maximum atomic E-state index is 3.71. The van der Waals surface area contributed by atoms with Crippen LogP contribution in [0.4, 0.5) is 11.4 Å². The summed E-state index contributed by atoms with van der Waals surface area (Å²) in [4.78, 5) is 0. The van der Waals surface area contributed by atoms with Crippen LogP contribution in [-0.4, -0.2) is 4.57 Å². The third-order valence-electron chi connectivity index (χ3n) is 12.5. The van der Waals surface area contributed by atoms with Crippen LogP contribution in [0.25, 0.3) is 60.9 Å². The van der Waals surface area contributed by atoms with Gasteiger partial charge in [-0.2, -0.15) is 0 Å². The highest BCUT2D eigenvalue weighted by Crippen LogP contribution is 2.63. The van der Waals surface area contributed by atoms with Gasteiger partial charge in [0, 0.05) is 44.7 Å². The highest BCUT2D eigenvalue weighted by atomic mass is 15.0. The van der Waals surface area contributed by atoms with Gasteiger partial charge in [0.25, 0.3) is 0 Å². The fourth-order valence-electron chi connectivity index (χ4n) is 9.28. The molecule has 10 rings (SSSR count). The summed E-state index contributed by atoms with van der Waals surface area (Å²) in [6, 6.07) is 59.6. The van der Waals surface area contributed by atoms with Crippen molar-refractivity contribution >= 4 is 33.2 Å². The summed E-state index contributed by atoms with van der Waals surface area (Å²) in [6.07, 6.45) is 9.36. The molecule has 2 atom stereocenters. The summed E-state index contributed by atoms with van der Waals surface area (Å²) in [7, 11) is 0. The molecule has 0 radical (unpaired) electrons. The average Bonchev–Trinajstić information content (AvgIpc) is 3.64. The van der Waals surface area contributed by atoms with Gasteiger partial charge in [-0.3, -0.25) is 0 Å². The maximum Gasteiger partial charge on any atom is 0.0582 e. The van der Waals surface area contributed by atoms with Crippen LogP contribution in [0.5, 0.6) is 0 Å². The Hall–Kier alpha value is -6.38. The zero-order valence-corrected chi connectivity index (χ0v) is 30.9. The second kappa shape index (κ2) is 12.4. The molecular weight excluding hydrogens is 653 g/mol. The minimum Gasteiger partial charge on any atom is -0.355 e. The Kier molecular flexibility index (Phi) is 7.39. The minimum atomic E-state index is -0.0111. The summed E-state index contributed by atoms with van der Waals surface area (Å²) >= 11 is 0. The maximum absolute atomic E-state index is 3.71. The van der Waals surface area contributed by atoms with E-state index in [1.54, 1.807) is 0 Å². The van der Waals surface area contributed by atoms with Crippen molar-refractivity contribution in [2.75, 3.05) is 5.32 Å². The lowest BCUT2D eigenvalue weighted by Gasteiger charge is -2.41. The van der Waals surface area contributed by atoms with E-state index in [0.29, 0.717) is 5.92 Å². The predicted octanol–water partition coefficient (Wildman–Crippen LogP) is 14.0. The van der Waals surface area contributed by atoms with Crippen LogP contribution in [0, 0.1) is 5.41 Å². The molecule has 0 aliphatic heterocycles. The largest absolute Gasteiger partial charge is 0.355 e. The van der Waals surface area contributed by atoms with Crippen molar-refractivity contribution in [2.24, 2.45) is 5.41 Å². The topological polar surface area (TPSA) is 17.0 Å². The molecule has 0 amide bonds. The van der Waals surface area contributed by atoms with E-state index in [2.05, 4.69) is 219 Å². The van der Waals surface area contributed by atoms with Gasteiger partial charge in [0.2, 0.25) is 0 Å². The number of rotatable bonds is 6. The Labute approximate surface area is 317 Å². The Balaban J connectivity index is 1.07. The van der Waals surface area contributed by atoms with Crippen molar-refractivity contribution < 1.29 is 0 Å². The summed E-state index contributed by atoms with van der Waals surface area (Å²) in [5.74, 6) is 0.301. The summed E-state index contributed by atoms with van der Waals surface area (Å²) in [5, 5.41) is 6.30. The second-order valence-corrected chi connectivity index (χ2v) is 15.6. The van der Waals surface area contributed by atoms with Gasteiger partial charge in [0.1, 0.15) is 0 Å². The van der Waals surface area contributed by atoms with Crippen molar-refractivity contribution in [2.45, 2.75) is 32.1 Å². The number of benzene rings is 7. The van der Waals surface area contributed by atoms with Gasteiger partial charge in [-0.15, -0.1) is 0 Å². The number of para-hydroxylation sites is 2. The Morgan fingerprint density at radius 2 is 1.20 bits per heavy atom. The molecule has 0 spiro atoms. The lowest BCUT2D eigenvalue weighted by Crippen LogP contribution is -2.36. The van der Waals surface area contributed by atoms with Crippen LogP contribution in [-0.2, 0) is 5.41 Å². The van der Waals surface area contributed by atoms with Crippen molar-refractivity contribution in [3.05, 3.63) is 199 Å². The fourth-order valence-corrected chi connectivity index (χ4v) is 9.28. The van der Waals surface area contributed by atoms with Gasteiger partial charge in [0.05, 0.1) is 11.0 Å². The first kappa shape index (κ1) is 32.3. The van der Waals surface area contributed by atoms with E-state index in [0.717, 1.165) is 11.4 Å². The molecule has 0 bridgehead atoms. The lowest BCUT2D eigenvalue weighted by molar-refractivity contribution is 0.245. The van der Waals surface area contributed by atoms with Crippen LogP contribution < -0.4 is 5.32 Å². The molecule has 1 heterocycles. The molecular formula is C52H42N2. The molecule has 0 saturated heterocycles. The van der Waals surface area contributed by atoms with Crippen LogP contribution in [0.1, 0.15) is 37.8 Å². The van der Waals surface area contributed by atoms with Gasteiger partial charge in [0.15, 0.2) is 0 Å². The van der Waals surface area contributed by atoms with E-state index in [1.807, 2.05) is 0 Å². The van der Waals surface area contributed by atoms with Crippen LogP contribution in [0.3, 0.4) is 0 Å². The van der Waals surface area contributed by atoms with Crippen molar-refractivity contribution in [1.29, 1.82) is 0 Å². The fraction of sp³-hybridized carbons (Fsp3) is 0.115. The lowest BCUT2D eigenvalue weighted by atomic mass is 9.62. The molecule has 2 aliphatic rings. The van der Waals surface area contributed by atoms with Gasteiger partial charge in [-0.25, -0.2) is 0 Å². The molecule has 0 saturated carbocycles. The predicted molar refractivity (Wildman–Crippen MR) is 229 cm³/mol. The molecule has 1 N–H and O–H groups in total. The number of allylic oxidation sites excluding steroid dienone is 4. The van der Waals surface area contributed by atoms with Crippen molar-refractivity contribution in [3.63, 3.8) is 0 Å². The summed E-state index contributed by atoms with van der Waals surface area (Å²) in [6.45, 7) is 7.30. The van der Waals surface area contributed by atoms with Crippen molar-refractivity contribution in [3.8, 4) is 39.1 Å². The molecule has 8 aromatic rings. The number of hydrogen-bond donors (Lipinski definition) is 1. The molecule has 2 unspecified atom stereocenters. The van der Waals surface area contributed by atoms with E-state index in [-0.39, 0.29) is 10.8 Å². The highest BCUT2D eigenvalue weighted by molar-refractivity contribution is 6.12. The van der Waals surface area contributed by atoms with Crippen LogP contribution in [0.15, 0.2) is 188 Å². The zero-order valence-electron chi connectivity index (χ0n) is 30.9. The number of hydrogen-bond acceptors (Lipinski definition) is 1. The van der Waals surface area contributed by atoms with Gasteiger partial charge in [-0.1, -0.05) is 160 Å². The first-order chi connectivity index (χ1) is 26.4. The number of nitrogens with one attached hydrogen (secondary N) is 1. The number of anilines is 2. The third-order valence-corrected chi connectivity index (χ3v) is 12.5. The molecule has 2 aliphatic carbocycles. The summed E-state index contributed by atoms with van der Waals surface area (Å²) < 4.78 is 2.52. The Morgan fingerprint density at radius 3 is 2.02 bits per heavy atom. The first-order valence-corrected chi connectivity index (χ1v) is 19.1. The zero-order chi connectivity index (χ0) is 36.4. The normalized spacial score (nSPS) is 18.2. The SMILES string of the molecule is CC1(C)c2ccc3c4cc(-c5cccc(-c6ccccc6Nc6ccc(-c7ccccc7)cc6)c5)ccc4n(-c4ccccc4)c3c2C2C=CC=CC21C. The molecule has 0 fully saturated rings. The molecule has 54 heavy (non-hydrogen) atoms. The molecule has 260 valence electrons. The minimum absolute atomic E-state index is 0.00129. The molecule has 2 heteroatoms. The monoisotopic (exact) mass is 694 g/mol. The van der Waals surface area contributed by atoms with Crippen molar-refractivity contribution in [1.82, 2.24) is 4.57 Å². The Morgan fingerprint density at radius 1 is 0.537 bits per heavy atom. The smallest absolute Gasteiger partial charge is 0.0582 e. The molecule has 7 aromatic carbocycles. The number of nitrogens with zero attached hydrogens (tertiary/aromatic N) is 1. The van der Waals surface area contributed by atoms with E-state index in [4.69, 9.17) is 0 Å². The Bertz CT molecular complexity index is 2770. The van der Waals surface area contributed by atoms with Gasteiger partial charge < -0.3 is 9.88 Å². The van der Waals surface area contributed by atoms with E-state index in [1.165, 1.54) is 72.0 Å². The number of aromatic nitrogens is 1. The van der Waals surface area contributed by atoms with E-state index >= 15 is 0 Å². The van der Waals surface area contributed by atoms with Gasteiger partial charge in [-0.05, 0) is 92.9 Å². The first-order valence-electron chi connectivity index (χ1n) is 19.1. The molecule has 2 nitrogen and oxygen atoms in total. The van der Waals surface area contributed by atoms with Gasteiger partial charge >= 0.3 is 0 Å².